The van der Waals surface area contributed by atoms with Crippen LogP contribution < -0.4 is 10.1 Å². The van der Waals surface area contributed by atoms with Crippen molar-refractivity contribution in [2.75, 3.05) is 5.32 Å². The summed E-state index contributed by atoms with van der Waals surface area (Å²) in [6.07, 6.45) is -4.83. The molecule has 3 rings (SSSR count). The van der Waals surface area contributed by atoms with Crippen molar-refractivity contribution < 1.29 is 31.5 Å². The summed E-state index contributed by atoms with van der Waals surface area (Å²) in [5, 5.41) is 2.30. The van der Waals surface area contributed by atoms with Crippen molar-refractivity contribution in [1.82, 2.24) is 4.98 Å². The normalized spacial score (nSPS) is 11.6. The molecular formula is C15H7F5N2O2S. The molecule has 0 saturated carbocycles. The molecule has 2 aromatic carbocycles. The van der Waals surface area contributed by atoms with Crippen LogP contribution >= 0.6 is 11.3 Å². The quantitative estimate of drug-likeness (QED) is 0.675. The number of ether oxygens (including phenoxy) is 1. The van der Waals surface area contributed by atoms with Gasteiger partial charge in [0.1, 0.15) is 5.75 Å². The van der Waals surface area contributed by atoms with E-state index in [4.69, 9.17) is 0 Å². The highest BCUT2D eigenvalue weighted by atomic mass is 32.1. The number of nitrogens with zero attached hydrogens (tertiary/aromatic N) is 1. The number of hydrogen-bond acceptors (Lipinski definition) is 4. The van der Waals surface area contributed by atoms with Crippen LogP contribution in [0.2, 0.25) is 0 Å². The van der Waals surface area contributed by atoms with Gasteiger partial charge < -0.3 is 4.74 Å². The van der Waals surface area contributed by atoms with Crippen molar-refractivity contribution >= 4 is 32.6 Å². The monoisotopic (exact) mass is 374 g/mol. The number of thiazole rings is 1. The molecule has 0 unspecified atom stereocenters. The van der Waals surface area contributed by atoms with E-state index >= 15 is 0 Å². The Hall–Kier alpha value is -2.75. The number of nitrogens with one attached hydrogen (secondary N) is 1. The van der Waals surface area contributed by atoms with E-state index in [1.54, 1.807) is 0 Å². The van der Waals surface area contributed by atoms with Crippen LogP contribution in [-0.2, 0) is 0 Å². The van der Waals surface area contributed by atoms with E-state index in [0.717, 1.165) is 35.6 Å². The van der Waals surface area contributed by atoms with Gasteiger partial charge in [-0.3, -0.25) is 10.1 Å². The highest BCUT2D eigenvalue weighted by molar-refractivity contribution is 7.22. The number of carbonyl (C=O) groups excluding carboxylic acids is 1. The number of amides is 1. The number of anilines is 1. The molecule has 0 radical (unpaired) electrons. The Bertz CT molecular complexity index is 955. The Balaban J connectivity index is 1.84. The molecule has 0 aliphatic rings. The molecule has 3 aromatic rings. The first kappa shape index (κ1) is 17.1. The van der Waals surface area contributed by atoms with Gasteiger partial charge >= 0.3 is 6.36 Å². The minimum Gasteiger partial charge on any atom is -0.406 e. The number of alkyl halides is 3. The number of fused-ring (bicyclic) bond motifs is 1. The zero-order valence-corrected chi connectivity index (χ0v) is 12.8. The zero-order valence-electron chi connectivity index (χ0n) is 12.0. The third-order valence-corrected chi connectivity index (χ3v) is 3.94. The molecule has 0 aliphatic carbocycles. The molecular weight excluding hydrogens is 367 g/mol. The molecule has 1 heterocycles. The number of benzene rings is 2. The van der Waals surface area contributed by atoms with E-state index in [1.807, 2.05) is 0 Å². The van der Waals surface area contributed by atoms with E-state index in [0.29, 0.717) is 10.2 Å². The van der Waals surface area contributed by atoms with Crippen LogP contribution in [0.25, 0.3) is 10.2 Å². The first-order valence-corrected chi connectivity index (χ1v) is 7.46. The van der Waals surface area contributed by atoms with Crippen LogP contribution in [0.3, 0.4) is 0 Å². The molecule has 0 saturated heterocycles. The second kappa shape index (κ2) is 6.28. The Kier molecular flexibility index (Phi) is 4.29. The van der Waals surface area contributed by atoms with Crippen LogP contribution in [0, 0.1) is 11.6 Å². The van der Waals surface area contributed by atoms with Crippen molar-refractivity contribution in [3.63, 3.8) is 0 Å². The highest BCUT2D eigenvalue weighted by Gasteiger charge is 2.31. The maximum atomic E-state index is 13.6. The first-order valence-electron chi connectivity index (χ1n) is 6.64. The summed E-state index contributed by atoms with van der Waals surface area (Å²) >= 11 is 0.864. The van der Waals surface area contributed by atoms with Crippen molar-refractivity contribution in [1.29, 1.82) is 0 Å². The first-order chi connectivity index (χ1) is 11.7. The van der Waals surface area contributed by atoms with Gasteiger partial charge in [-0.2, -0.15) is 0 Å². The SMILES string of the molecule is O=C(Nc1nc2ccc(OC(F)(F)F)cc2s1)c1cccc(F)c1F. The fourth-order valence-electron chi connectivity index (χ4n) is 2.00. The maximum absolute atomic E-state index is 13.6. The molecule has 10 heteroatoms. The van der Waals surface area contributed by atoms with Crippen LogP contribution in [0.1, 0.15) is 10.4 Å². The number of halogens is 5. The average molecular weight is 374 g/mol. The Morgan fingerprint density at radius 1 is 1.16 bits per heavy atom. The summed E-state index contributed by atoms with van der Waals surface area (Å²) in [5.41, 5.74) is -0.199. The number of hydrogen-bond donors (Lipinski definition) is 1. The topological polar surface area (TPSA) is 51.2 Å². The van der Waals surface area contributed by atoms with Crippen LogP contribution in [-0.4, -0.2) is 17.3 Å². The van der Waals surface area contributed by atoms with E-state index in [1.165, 1.54) is 12.1 Å². The fraction of sp³-hybridized carbons (Fsp3) is 0.0667. The lowest BCUT2D eigenvalue weighted by Gasteiger charge is -2.07. The molecule has 0 aliphatic heterocycles. The summed E-state index contributed by atoms with van der Waals surface area (Å²) in [6, 6.07) is 6.60. The summed E-state index contributed by atoms with van der Waals surface area (Å²) in [7, 11) is 0. The van der Waals surface area contributed by atoms with E-state index in [-0.39, 0.29) is 5.13 Å². The summed E-state index contributed by atoms with van der Waals surface area (Å²) < 4.78 is 67.5. The average Bonchev–Trinajstić information content (AvgIpc) is 2.89. The molecule has 1 N–H and O–H groups in total. The van der Waals surface area contributed by atoms with Gasteiger partial charge in [-0.05, 0) is 24.3 Å². The predicted molar refractivity (Wildman–Crippen MR) is 80.6 cm³/mol. The third-order valence-electron chi connectivity index (χ3n) is 3.01. The molecule has 4 nitrogen and oxygen atoms in total. The standard InChI is InChI=1S/C15H7F5N2O2S/c16-9-3-1-2-8(12(9)17)13(23)22-14-21-10-5-4-7(6-11(10)25-14)24-15(18,19)20/h1-6H,(H,21,22,23). The molecule has 0 atom stereocenters. The van der Waals surface area contributed by atoms with Gasteiger partial charge in [0.15, 0.2) is 16.8 Å². The van der Waals surface area contributed by atoms with E-state index in [2.05, 4.69) is 15.0 Å². The Morgan fingerprint density at radius 2 is 1.92 bits per heavy atom. The minimum absolute atomic E-state index is 0.0211. The molecule has 0 spiro atoms. The van der Waals surface area contributed by atoms with E-state index < -0.39 is 35.2 Å². The molecule has 0 bridgehead atoms. The lowest BCUT2D eigenvalue weighted by atomic mass is 10.2. The van der Waals surface area contributed by atoms with Crippen molar-refractivity contribution in [3.05, 3.63) is 53.6 Å². The second-order valence-electron chi connectivity index (χ2n) is 4.75. The van der Waals surface area contributed by atoms with Gasteiger partial charge in [0.25, 0.3) is 5.91 Å². The van der Waals surface area contributed by atoms with Crippen molar-refractivity contribution in [3.8, 4) is 5.75 Å². The molecule has 1 aromatic heterocycles. The van der Waals surface area contributed by atoms with Gasteiger partial charge in [-0.1, -0.05) is 17.4 Å². The summed E-state index contributed by atoms with van der Waals surface area (Å²) in [5.74, 6) is -3.84. The molecule has 130 valence electrons. The van der Waals surface area contributed by atoms with Crippen molar-refractivity contribution in [2.45, 2.75) is 6.36 Å². The largest absolute Gasteiger partial charge is 0.573 e. The van der Waals surface area contributed by atoms with Crippen LogP contribution in [0.5, 0.6) is 5.75 Å². The predicted octanol–water partition coefficient (Wildman–Crippen LogP) is 4.73. The molecule has 1 amide bonds. The van der Waals surface area contributed by atoms with Crippen LogP contribution in [0.15, 0.2) is 36.4 Å². The zero-order chi connectivity index (χ0) is 18.2. The fourth-order valence-corrected chi connectivity index (χ4v) is 2.89. The second-order valence-corrected chi connectivity index (χ2v) is 5.78. The number of aromatic nitrogens is 1. The van der Waals surface area contributed by atoms with Gasteiger partial charge in [-0.15, -0.1) is 13.2 Å². The lowest BCUT2D eigenvalue weighted by Crippen LogP contribution is -2.16. The third kappa shape index (κ3) is 3.85. The Labute approximate surface area is 140 Å². The van der Waals surface area contributed by atoms with Gasteiger partial charge in [0.05, 0.1) is 15.8 Å². The van der Waals surface area contributed by atoms with E-state index in [9.17, 15) is 26.7 Å². The molecule has 25 heavy (non-hydrogen) atoms. The lowest BCUT2D eigenvalue weighted by molar-refractivity contribution is -0.274. The van der Waals surface area contributed by atoms with Crippen molar-refractivity contribution in [2.24, 2.45) is 0 Å². The molecule has 0 fully saturated rings. The van der Waals surface area contributed by atoms with Gasteiger partial charge in [-0.25, -0.2) is 13.8 Å². The summed E-state index contributed by atoms with van der Waals surface area (Å²) in [6.45, 7) is 0. The minimum atomic E-state index is -4.83. The van der Waals surface area contributed by atoms with Gasteiger partial charge in [0.2, 0.25) is 0 Å². The smallest absolute Gasteiger partial charge is 0.406 e. The number of rotatable bonds is 3. The highest BCUT2D eigenvalue weighted by Crippen LogP contribution is 2.31. The maximum Gasteiger partial charge on any atom is 0.573 e. The van der Waals surface area contributed by atoms with Crippen LogP contribution in [0.4, 0.5) is 27.1 Å². The van der Waals surface area contributed by atoms with Gasteiger partial charge in [0, 0.05) is 6.07 Å². The number of carbonyl (C=O) groups is 1. The summed E-state index contributed by atoms with van der Waals surface area (Å²) in [4.78, 5) is 16.0. The Morgan fingerprint density at radius 3 is 2.64 bits per heavy atom.